The molecule has 6 nitrogen and oxygen atoms in total. The van der Waals surface area contributed by atoms with Gasteiger partial charge in [-0.1, -0.05) is 26.3 Å². The lowest BCUT2D eigenvalue weighted by Crippen LogP contribution is -2.52. The fourth-order valence-electron chi connectivity index (χ4n) is 6.14. The number of H-pyrrole nitrogens is 1. The van der Waals surface area contributed by atoms with E-state index >= 15 is 0 Å². The molecule has 35 heavy (non-hydrogen) atoms. The Morgan fingerprint density at radius 1 is 1.09 bits per heavy atom. The molecule has 1 saturated carbocycles. The first-order valence-corrected chi connectivity index (χ1v) is 13.0. The minimum absolute atomic E-state index is 0.0291. The van der Waals surface area contributed by atoms with Gasteiger partial charge in [0.15, 0.2) is 5.78 Å². The molecule has 3 aliphatic rings. The number of aromatic amines is 1. The third-order valence-electron chi connectivity index (χ3n) is 8.30. The lowest BCUT2D eigenvalue weighted by molar-refractivity contribution is 0.103. The van der Waals surface area contributed by atoms with Gasteiger partial charge in [0.2, 0.25) is 0 Å². The predicted octanol–water partition coefficient (Wildman–Crippen LogP) is 5.08. The van der Waals surface area contributed by atoms with Crippen molar-refractivity contribution in [1.82, 2.24) is 9.88 Å². The molecule has 0 radical (unpaired) electrons. The largest absolute Gasteiger partial charge is 0.489 e. The Balaban J connectivity index is 1.44. The van der Waals surface area contributed by atoms with Gasteiger partial charge in [-0.25, -0.2) is 0 Å². The van der Waals surface area contributed by atoms with E-state index in [-0.39, 0.29) is 17.3 Å². The molecule has 0 spiro atoms. The van der Waals surface area contributed by atoms with Gasteiger partial charge in [0, 0.05) is 65.5 Å². The Hall–Kier alpha value is -2.99. The minimum Gasteiger partial charge on any atom is -0.489 e. The number of benzene rings is 2. The number of ketones is 1. The number of nitrogen functional groups attached to an aromatic ring is 1. The maximum atomic E-state index is 13.9. The van der Waals surface area contributed by atoms with E-state index in [1.165, 1.54) is 19.3 Å². The van der Waals surface area contributed by atoms with Gasteiger partial charge in [0.05, 0.1) is 17.4 Å². The molecule has 2 fully saturated rings. The first-order valence-electron chi connectivity index (χ1n) is 13.0. The Bertz CT molecular complexity index is 1310. The smallest absolute Gasteiger partial charge is 0.195 e. The number of nitrogens with zero attached hydrogens (tertiary/aromatic N) is 2. The van der Waals surface area contributed by atoms with Crippen molar-refractivity contribution in [1.29, 1.82) is 0 Å². The molecule has 6 rings (SSSR count). The van der Waals surface area contributed by atoms with Crippen molar-refractivity contribution in [3.63, 3.8) is 0 Å². The number of carbonyl (C=O) groups excluding carboxylic acids is 1. The van der Waals surface area contributed by atoms with Crippen LogP contribution in [0.1, 0.15) is 74.1 Å². The monoisotopic (exact) mass is 472 g/mol. The summed E-state index contributed by atoms with van der Waals surface area (Å²) < 4.78 is 6.33. The van der Waals surface area contributed by atoms with Crippen molar-refractivity contribution < 1.29 is 9.53 Å². The van der Waals surface area contributed by atoms with E-state index in [4.69, 9.17) is 10.5 Å². The average molecular weight is 473 g/mol. The lowest BCUT2D eigenvalue weighted by atomic mass is 9.71. The van der Waals surface area contributed by atoms with Crippen LogP contribution in [0.25, 0.3) is 10.9 Å². The molecular formula is C29H36N4O2. The van der Waals surface area contributed by atoms with Crippen LogP contribution in [0, 0.1) is 0 Å². The molecule has 2 aliphatic carbocycles. The van der Waals surface area contributed by atoms with Gasteiger partial charge in [-0.05, 0) is 56.5 Å². The van der Waals surface area contributed by atoms with Crippen LogP contribution in [0.2, 0.25) is 0 Å². The van der Waals surface area contributed by atoms with Gasteiger partial charge in [-0.15, -0.1) is 0 Å². The highest BCUT2D eigenvalue weighted by Crippen LogP contribution is 2.47. The fraction of sp³-hybridized carbons (Fsp3) is 0.483. The first-order chi connectivity index (χ1) is 16.7. The third kappa shape index (κ3) is 3.53. The summed E-state index contributed by atoms with van der Waals surface area (Å²) in [6.07, 6.45) is 4.08. The summed E-state index contributed by atoms with van der Waals surface area (Å²) in [5.41, 5.74) is 11.9. The molecule has 184 valence electrons. The van der Waals surface area contributed by atoms with E-state index in [1.807, 2.05) is 38.1 Å². The number of aromatic nitrogens is 1. The minimum atomic E-state index is -0.356. The average Bonchev–Trinajstić information content (AvgIpc) is 3.16. The number of fused-ring (bicyclic) bond motifs is 4. The second kappa shape index (κ2) is 8.02. The molecule has 2 aromatic carbocycles. The summed E-state index contributed by atoms with van der Waals surface area (Å²) in [5.74, 6) is 0.868. The number of carbonyl (C=O) groups is 1. The maximum absolute atomic E-state index is 13.9. The quantitative estimate of drug-likeness (QED) is 0.518. The molecule has 1 aromatic heterocycles. The Morgan fingerprint density at radius 3 is 2.49 bits per heavy atom. The van der Waals surface area contributed by atoms with Gasteiger partial charge in [-0.3, -0.25) is 9.69 Å². The number of piperazine rings is 1. The molecule has 3 N–H and O–H groups in total. The number of nitrogens with two attached hydrogens (primary N) is 1. The van der Waals surface area contributed by atoms with Crippen LogP contribution in [-0.4, -0.2) is 54.0 Å². The number of hydrogen-bond donors (Lipinski definition) is 2. The van der Waals surface area contributed by atoms with Crippen LogP contribution in [0.3, 0.4) is 0 Å². The normalized spacial score (nSPS) is 20.1. The van der Waals surface area contributed by atoms with Crippen LogP contribution >= 0.6 is 0 Å². The van der Waals surface area contributed by atoms with Crippen molar-refractivity contribution in [2.45, 2.75) is 64.5 Å². The predicted molar refractivity (Wildman–Crippen MR) is 142 cm³/mol. The molecule has 3 aromatic rings. The summed E-state index contributed by atoms with van der Waals surface area (Å²) in [4.78, 5) is 22.6. The summed E-state index contributed by atoms with van der Waals surface area (Å²) in [7, 11) is 0. The molecule has 2 heterocycles. The molecule has 0 atom stereocenters. The number of rotatable bonds is 4. The summed E-state index contributed by atoms with van der Waals surface area (Å²) >= 11 is 0. The maximum Gasteiger partial charge on any atom is 0.195 e. The van der Waals surface area contributed by atoms with E-state index in [0.717, 1.165) is 76.9 Å². The Labute approximate surface area is 207 Å². The molecule has 0 unspecified atom stereocenters. The third-order valence-corrected chi connectivity index (χ3v) is 8.30. The van der Waals surface area contributed by atoms with Gasteiger partial charge in [-0.2, -0.15) is 0 Å². The Morgan fingerprint density at radius 2 is 1.83 bits per heavy atom. The van der Waals surface area contributed by atoms with E-state index in [9.17, 15) is 4.79 Å². The zero-order valence-electron chi connectivity index (χ0n) is 21.3. The highest BCUT2D eigenvalue weighted by Gasteiger charge is 2.41. The molecule has 0 amide bonds. The van der Waals surface area contributed by atoms with Crippen molar-refractivity contribution in [2.24, 2.45) is 0 Å². The molecule has 1 aliphatic heterocycles. The number of nitrogens with one attached hydrogen (secondary N) is 1. The van der Waals surface area contributed by atoms with Crippen LogP contribution in [0.5, 0.6) is 5.75 Å². The highest BCUT2D eigenvalue weighted by atomic mass is 16.5. The second-order valence-corrected chi connectivity index (χ2v) is 11.3. The number of hydrogen-bond acceptors (Lipinski definition) is 5. The van der Waals surface area contributed by atoms with Gasteiger partial charge < -0.3 is 20.4 Å². The zero-order valence-corrected chi connectivity index (χ0v) is 21.3. The SMILES string of the molecule is CC(C)Oc1cc2c(cc1N1CCN(C3CCC3)CC1)C(C)(C)c1[nH]c3cc(N)ccc3c1C2=O. The molecular weight excluding hydrogens is 436 g/mol. The number of ether oxygens (including phenoxy) is 1. The molecule has 0 bridgehead atoms. The van der Waals surface area contributed by atoms with Gasteiger partial charge in [0.25, 0.3) is 0 Å². The number of anilines is 2. The lowest BCUT2D eigenvalue weighted by Gasteiger charge is -2.44. The van der Waals surface area contributed by atoms with Crippen LogP contribution in [0.4, 0.5) is 11.4 Å². The summed E-state index contributed by atoms with van der Waals surface area (Å²) in [6.45, 7) is 12.6. The highest BCUT2D eigenvalue weighted by molar-refractivity contribution is 6.20. The van der Waals surface area contributed by atoms with E-state index in [1.54, 1.807) is 0 Å². The van der Waals surface area contributed by atoms with E-state index in [2.05, 4.69) is 34.7 Å². The van der Waals surface area contributed by atoms with Crippen molar-refractivity contribution in [3.8, 4) is 5.75 Å². The van der Waals surface area contributed by atoms with Gasteiger partial charge >= 0.3 is 0 Å². The van der Waals surface area contributed by atoms with Crippen LogP contribution < -0.4 is 15.4 Å². The standard InChI is InChI=1S/C29H36N4O2/c1-17(2)35-25-15-21-22(16-24(25)33-12-10-32(11-13-33)19-6-5-7-19)29(3,4)28-26(27(21)34)20-9-8-18(30)14-23(20)31-28/h8-9,14-17,19,31H,5-7,10-13,30H2,1-4H3. The van der Waals surface area contributed by atoms with E-state index in [0.29, 0.717) is 5.69 Å². The summed E-state index contributed by atoms with van der Waals surface area (Å²) in [6, 6.07) is 10.8. The van der Waals surface area contributed by atoms with Crippen molar-refractivity contribution in [2.75, 3.05) is 36.8 Å². The summed E-state index contributed by atoms with van der Waals surface area (Å²) in [5, 5.41) is 0.931. The Kier molecular flexibility index (Phi) is 5.15. The zero-order chi connectivity index (χ0) is 24.5. The van der Waals surface area contributed by atoms with Crippen molar-refractivity contribution >= 4 is 28.1 Å². The second-order valence-electron chi connectivity index (χ2n) is 11.3. The first kappa shape index (κ1) is 22.5. The van der Waals surface area contributed by atoms with Crippen LogP contribution in [0.15, 0.2) is 30.3 Å². The molecule has 6 heteroatoms. The molecule has 1 saturated heterocycles. The van der Waals surface area contributed by atoms with Gasteiger partial charge in [0.1, 0.15) is 5.75 Å². The van der Waals surface area contributed by atoms with E-state index < -0.39 is 0 Å². The topological polar surface area (TPSA) is 74.6 Å². The fourth-order valence-corrected chi connectivity index (χ4v) is 6.14. The van der Waals surface area contributed by atoms with Crippen LogP contribution in [-0.2, 0) is 5.41 Å². The van der Waals surface area contributed by atoms with Crippen molar-refractivity contribution in [3.05, 3.63) is 52.7 Å².